The number of carbonyl (C=O) groups is 1. The highest BCUT2D eigenvalue weighted by Gasteiger charge is 2.55. The first kappa shape index (κ1) is 12.0. The third-order valence-corrected chi connectivity index (χ3v) is 3.41. The van der Waals surface area contributed by atoms with Crippen molar-refractivity contribution in [2.24, 2.45) is 5.92 Å². The summed E-state index contributed by atoms with van der Waals surface area (Å²) >= 11 is 0. The van der Waals surface area contributed by atoms with E-state index in [0.29, 0.717) is 12.0 Å². The summed E-state index contributed by atoms with van der Waals surface area (Å²) in [5.41, 5.74) is -0.578. The first-order valence-corrected chi connectivity index (χ1v) is 5.16. The van der Waals surface area contributed by atoms with Crippen molar-refractivity contribution in [1.82, 2.24) is 0 Å². The van der Waals surface area contributed by atoms with E-state index in [1.807, 2.05) is 0 Å². The molecule has 0 heterocycles. The maximum atomic E-state index is 12.3. The third kappa shape index (κ3) is 2.01. The maximum absolute atomic E-state index is 12.3. The van der Waals surface area contributed by atoms with Crippen LogP contribution >= 0.6 is 0 Å². The smallest absolute Gasteiger partial charge is 0.416 e. The molecule has 5 heteroatoms. The lowest BCUT2D eigenvalue weighted by Gasteiger charge is -2.12. The topological polar surface area (TPSA) is 37.3 Å². The molecule has 1 aliphatic carbocycles. The highest BCUT2D eigenvalue weighted by molar-refractivity contribution is 5.77. The van der Waals surface area contributed by atoms with E-state index in [-0.39, 0.29) is 0 Å². The molecule has 0 aromatic heterocycles. The Hall–Kier alpha value is -1.52. The Morgan fingerprint density at radius 3 is 2.24 bits per heavy atom. The number of rotatable bonds is 2. The van der Waals surface area contributed by atoms with Crippen LogP contribution in [0.4, 0.5) is 13.2 Å². The summed E-state index contributed by atoms with van der Waals surface area (Å²) in [5.74, 6) is -1.38. The molecule has 2 nitrogen and oxygen atoms in total. The Morgan fingerprint density at radius 2 is 1.88 bits per heavy atom. The maximum Gasteiger partial charge on any atom is 0.416 e. The summed E-state index contributed by atoms with van der Waals surface area (Å²) in [4.78, 5) is 10.8. The van der Waals surface area contributed by atoms with Crippen LogP contribution in [0.1, 0.15) is 24.5 Å². The number of hydrogen-bond donors (Lipinski definition) is 1. The van der Waals surface area contributed by atoms with Crippen molar-refractivity contribution in [2.45, 2.75) is 24.9 Å². The minimum atomic E-state index is -4.35. The summed E-state index contributed by atoms with van der Waals surface area (Å²) in [7, 11) is 0. The van der Waals surface area contributed by atoms with Crippen LogP contribution in [-0.4, -0.2) is 11.1 Å². The van der Waals surface area contributed by atoms with Crippen LogP contribution in [0.2, 0.25) is 0 Å². The number of alkyl halides is 3. The molecule has 1 aromatic carbocycles. The van der Waals surface area contributed by atoms with E-state index in [1.165, 1.54) is 12.1 Å². The number of aliphatic carboxylic acids is 1. The average Bonchev–Trinajstić information content (AvgIpc) is 2.92. The largest absolute Gasteiger partial charge is 0.481 e. The Labute approximate surface area is 96.1 Å². The van der Waals surface area contributed by atoms with Gasteiger partial charge in [-0.2, -0.15) is 13.2 Å². The van der Waals surface area contributed by atoms with Gasteiger partial charge in [-0.05, 0) is 24.1 Å². The monoisotopic (exact) mass is 244 g/mol. The van der Waals surface area contributed by atoms with Gasteiger partial charge >= 0.3 is 12.1 Å². The molecule has 1 saturated carbocycles. The number of carboxylic acid groups (broad SMARTS) is 1. The minimum Gasteiger partial charge on any atom is -0.481 e. The quantitative estimate of drug-likeness (QED) is 0.868. The lowest BCUT2D eigenvalue weighted by atomic mass is 9.94. The Balaban J connectivity index is 2.23. The van der Waals surface area contributed by atoms with Gasteiger partial charge in [0.2, 0.25) is 0 Å². The molecule has 0 saturated heterocycles. The third-order valence-electron chi connectivity index (χ3n) is 3.41. The summed E-state index contributed by atoms with van der Waals surface area (Å²) in [5, 5.41) is 8.85. The first-order chi connectivity index (χ1) is 7.75. The van der Waals surface area contributed by atoms with Gasteiger partial charge in [0, 0.05) is 5.41 Å². The van der Waals surface area contributed by atoms with Crippen molar-refractivity contribution in [2.75, 3.05) is 0 Å². The molecule has 0 bridgehead atoms. The highest BCUT2D eigenvalue weighted by Crippen LogP contribution is 2.54. The molecular formula is C12H11F3O2. The van der Waals surface area contributed by atoms with E-state index in [4.69, 9.17) is 5.11 Å². The molecular weight excluding hydrogens is 233 g/mol. The molecule has 1 aliphatic rings. The van der Waals surface area contributed by atoms with Gasteiger partial charge in [0.15, 0.2) is 0 Å². The van der Waals surface area contributed by atoms with Gasteiger partial charge in [0.1, 0.15) is 0 Å². The van der Waals surface area contributed by atoms with E-state index < -0.39 is 29.0 Å². The first-order valence-electron chi connectivity index (χ1n) is 5.16. The minimum absolute atomic E-state index is 0.480. The van der Waals surface area contributed by atoms with Gasteiger partial charge in [-0.15, -0.1) is 0 Å². The molecule has 2 rings (SSSR count). The van der Waals surface area contributed by atoms with E-state index >= 15 is 0 Å². The normalized spacial score (nSPS) is 27.9. The second-order valence-corrected chi connectivity index (χ2v) is 4.59. The van der Waals surface area contributed by atoms with Gasteiger partial charge in [-0.3, -0.25) is 4.79 Å². The Morgan fingerprint density at radius 1 is 1.35 bits per heavy atom. The molecule has 1 N–H and O–H groups in total. The molecule has 0 amide bonds. The lowest BCUT2D eigenvalue weighted by molar-refractivity contribution is -0.139. The van der Waals surface area contributed by atoms with E-state index in [2.05, 4.69) is 0 Å². The number of benzene rings is 1. The SMILES string of the molecule is C[C@@]1(c2ccc(C(F)(F)F)cc2)C[C@H]1C(=O)O. The number of hydrogen-bond acceptors (Lipinski definition) is 1. The Kier molecular flexibility index (Phi) is 2.45. The van der Waals surface area contributed by atoms with Crippen molar-refractivity contribution < 1.29 is 23.1 Å². The van der Waals surface area contributed by atoms with Gasteiger partial charge < -0.3 is 5.11 Å². The lowest BCUT2D eigenvalue weighted by Crippen LogP contribution is -2.12. The van der Waals surface area contributed by atoms with Crippen LogP contribution in [0.25, 0.3) is 0 Å². The zero-order valence-electron chi connectivity index (χ0n) is 9.08. The molecule has 0 unspecified atom stereocenters. The van der Waals surface area contributed by atoms with Gasteiger partial charge in [0.25, 0.3) is 0 Å². The average molecular weight is 244 g/mol. The second-order valence-electron chi connectivity index (χ2n) is 4.59. The second kappa shape index (κ2) is 3.48. The fourth-order valence-corrected chi connectivity index (χ4v) is 2.08. The van der Waals surface area contributed by atoms with E-state index in [1.54, 1.807) is 6.92 Å². The zero-order chi connectivity index (χ0) is 12.8. The molecule has 92 valence electrons. The van der Waals surface area contributed by atoms with Crippen LogP contribution in [-0.2, 0) is 16.4 Å². The molecule has 0 spiro atoms. The fraction of sp³-hybridized carbons (Fsp3) is 0.417. The number of halogens is 3. The van der Waals surface area contributed by atoms with Gasteiger partial charge in [0.05, 0.1) is 11.5 Å². The van der Waals surface area contributed by atoms with E-state index in [0.717, 1.165) is 12.1 Å². The number of carboxylic acids is 1. The van der Waals surface area contributed by atoms with Crippen LogP contribution in [0.3, 0.4) is 0 Å². The fourth-order valence-electron chi connectivity index (χ4n) is 2.08. The molecule has 2 atom stereocenters. The molecule has 0 radical (unpaired) electrons. The highest BCUT2D eigenvalue weighted by atomic mass is 19.4. The predicted molar refractivity (Wildman–Crippen MR) is 54.5 cm³/mol. The summed E-state index contributed by atoms with van der Waals surface area (Å²) < 4.78 is 37.0. The predicted octanol–water partition coefficient (Wildman–Crippen LogP) is 3.07. The molecule has 1 aromatic rings. The van der Waals surface area contributed by atoms with Crippen molar-refractivity contribution >= 4 is 5.97 Å². The van der Waals surface area contributed by atoms with Gasteiger partial charge in [-0.25, -0.2) is 0 Å². The zero-order valence-corrected chi connectivity index (χ0v) is 9.08. The van der Waals surface area contributed by atoms with Crippen molar-refractivity contribution in [3.63, 3.8) is 0 Å². The summed E-state index contributed by atoms with van der Waals surface area (Å²) in [6, 6.07) is 4.73. The summed E-state index contributed by atoms with van der Waals surface area (Å²) in [6.45, 7) is 1.76. The van der Waals surface area contributed by atoms with Crippen LogP contribution < -0.4 is 0 Å². The van der Waals surface area contributed by atoms with Crippen LogP contribution in [0, 0.1) is 5.92 Å². The van der Waals surface area contributed by atoms with Gasteiger partial charge in [-0.1, -0.05) is 19.1 Å². The Bertz CT molecular complexity index is 450. The van der Waals surface area contributed by atoms with Crippen LogP contribution in [0.15, 0.2) is 24.3 Å². The van der Waals surface area contributed by atoms with Crippen LogP contribution in [0.5, 0.6) is 0 Å². The standard InChI is InChI=1S/C12H11F3O2/c1-11(6-9(11)10(16)17)7-2-4-8(5-3-7)12(13,14)15/h2-5,9H,6H2,1H3,(H,16,17)/t9-,11-/m0/s1. The van der Waals surface area contributed by atoms with Crippen molar-refractivity contribution in [3.8, 4) is 0 Å². The molecule has 17 heavy (non-hydrogen) atoms. The van der Waals surface area contributed by atoms with Crippen molar-refractivity contribution in [1.29, 1.82) is 0 Å². The van der Waals surface area contributed by atoms with Crippen molar-refractivity contribution in [3.05, 3.63) is 35.4 Å². The molecule has 0 aliphatic heterocycles. The molecule has 1 fully saturated rings. The van der Waals surface area contributed by atoms with E-state index in [9.17, 15) is 18.0 Å². The summed E-state index contributed by atoms with van der Waals surface area (Å²) in [6.07, 6.45) is -3.87.